The topological polar surface area (TPSA) is 122 Å². The largest absolute Gasteiger partial charge is 0.355 e. The van der Waals surface area contributed by atoms with Crippen LogP contribution in [0.2, 0.25) is 0 Å². The van der Waals surface area contributed by atoms with Crippen molar-refractivity contribution in [2.45, 2.75) is 6.92 Å². The lowest BCUT2D eigenvalue weighted by atomic mass is 9.96. The van der Waals surface area contributed by atoms with Crippen LogP contribution < -0.4 is 27.9 Å². The van der Waals surface area contributed by atoms with Gasteiger partial charge in [0.25, 0.3) is 11.8 Å². The Morgan fingerprint density at radius 3 is 2.08 bits per heavy atom. The summed E-state index contributed by atoms with van der Waals surface area (Å²) >= 11 is 0. The number of carbonyl (C=O) groups is 2. The van der Waals surface area contributed by atoms with Crippen LogP contribution in [0.15, 0.2) is 54.6 Å². The van der Waals surface area contributed by atoms with Gasteiger partial charge in [0.2, 0.25) is 0 Å². The van der Waals surface area contributed by atoms with Gasteiger partial charge in [-0.3, -0.25) is 20.4 Å². The zero-order valence-electron chi connectivity index (χ0n) is 14.2. The standard InChI is InChI=1S/C19H19N5O2/c1-11-6-8-12(9-7-11)22-16-10-15(18(25)23-20)17(19(26)24-21)14-5-3-2-4-13(14)16/h2-10,22H,20-21H2,1H3,(H,23,25)(H,24,26). The van der Waals surface area contributed by atoms with Gasteiger partial charge in [-0.2, -0.15) is 0 Å². The molecular formula is C19H19N5O2. The third kappa shape index (κ3) is 3.21. The van der Waals surface area contributed by atoms with Gasteiger partial charge in [0.15, 0.2) is 0 Å². The molecule has 0 radical (unpaired) electrons. The molecule has 0 aliphatic rings. The van der Waals surface area contributed by atoms with Crippen molar-refractivity contribution in [2.75, 3.05) is 5.32 Å². The zero-order chi connectivity index (χ0) is 18.7. The van der Waals surface area contributed by atoms with E-state index < -0.39 is 11.8 Å². The molecule has 0 atom stereocenters. The molecule has 2 amide bonds. The molecular weight excluding hydrogens is 330 g/mol. The van der Waals surface area contributed by atoms with Crippen LogP contribution in [0, 0.1) is 6.92 Å². The molecule has 0 aliphatic carbocycles. The molecule has 0 aliphatic heterocycles. The van der Waals surface area contributed by atoms with E-state index in [1.165, 1.54) is 0 Å². The van der Waals surface area contributed by atoms with Gasteiger partial charge in [0.05, 0.1) is 11.1 Å². The fourth-order valence-corrected chi connectivity index (χ4v) is 2.84. The van der Waals surface area contributed by atoms with Gasteiger partial charge >= 0.3 is 0 Å². The van der Waals surface area contributed by atoms with Crippen molar-refractivity contribution in [2.24, 2.45) is 11.7 Å². The maximum atomic E-state index is 12.3. The van der Waals surface area contributed by atoms with Crippen LogP contribution in [0.4, 0.5) is 11.4 Å². The quantitative estimate of drug-likeness (QED) is 0.280. The average Bonchev–Trinajstić information content (AvgIpc) is 2.68. The first-order chi connectivity index (χ1) is 12.5. The van der Waals surface area contributed by atoms with E-state index in [0.717, 1.165) is 16.6 Å². The minimum atomic E-state index is -0.582. The number of hydrazine groups is 2. The van der Waals surface area contributed by atoms with E-state index in [2.05, 4.69) is 16.2 Å². The minimum absolute atomic E-state index is 0.128. The molecule has 0 aromatic heterocycles. The molecule has 3 rings (SSSR count). The monoisotopic (exact) mass is 349 g/mol. The highest BCUT2D eigenvalue weighted by molar-refractivity contribution is 6.18. The van der Waals surface area contributed by atoms with Crippen LogP contribution in [0.1, 0.15) is 26.3 Å². The third-order valence-corrected chi connectivity index (χ3v) is 4.11. The molecule has 3 aromatic rings. The van der Waals surface area contributed by atoms with Gasteiger partial charge < -0.3 is 5.32 Å². The Bertz CT molecular complexity index is 983. The Balaban J connectivity index is 2.24. The molecule has 3 aromatic carbocycles. The van der Waals surface area contributed by atoms with Crippen LogP contribution in [0.5, 0.6) is 0 Å². The molecule has 132 valence electrons. The molecule has 7 N–H and O–H groups in total. The van der Waals surface area contributed by atoms with E-state index in [9.17, 15) is 9.59 Å². The minimum Gasteiger partial charge on any atom is -0.355 e. The maximum Gasteiger partial charge on any atom is 0.266 e. The van der Waals surface area contributed by atoms with Crippen LogP contribution in [0.3, 0.4) is 0 Å². The van der Waals surface area contributed by atoms with E-state index >= 15 is 0 Å². The number of nitrogens with two attached hydrogens (primary N) is 2. The number of anilines is 2. The molecule has 7 nitrogen and oxygen atoms in total. The van der Waals surface area contributed by atoms with Crippen LogP contribution in [-0.4, -0.2) is 11.8 Å². The summed E-state index contributed by atoms with van der Waals surface area (Å²) in [6.07, 6.45) is 0. The summed E-state index contributed by atoms with van der Waals surface area (Å²) in [6, 6.07) is 16.7. The lowest BCUT2D eigenvalue weighted by Crippen LogP contribution is -2.35. The highest BCUT2D eigenvalue weighted by Crippen LogP contribution is 2.32. The van der Waals surface area contributed by atoms with Crippen LogP contribution >= 0.6 is 0 Å². The predicted molar refractivity (Wildman–Crippen MR) is 102 cm³/mol. The zero-order valence-corrected chi connectivity index (χ0v) is 14.2. The predicted octanol–water partition coefficient (Wildman–Crippen LogP) is 2.10. The van der Waals surface area contributed by atoms with Crippen molar-refractivity contribution in [1.29, 1.82) is 0 Å². The molecule has 0 heterocycles. The SMILES string of the molecule is Cc1ccc(Nc2cc(C(=O)NN)c(C(=O)NN)c3ccccc23)cc1. The lowest BCUT2D eigenvalue weighted by molar-refractivity contribution is 0.0921. The summed E-state index contributed by atoms with van der Waals surface area (Å²) in [5, 5.41) is 4.66. The number of carbonyl (C=O) groups excluding carboxylic acids is 2. The van der Waals surface area contributed by atoms with Gasteiger partial charge in [-0.05, 0) is 30.5 Å². The number of benzene rings is 3. The van der Waals surface area contributed by atoms with Crippen molar-refractivity contribution in [3.8, 4) is 0 Å². The fraction of sp³-hybridized carbons (Fsp3) is 0.0526. The Morgan fingerprint density at radius 1 is 0.846 bits per heavy atom. The molecule has 0 fully saturated rings. The smallest absolute Gasteiger partial charge is 0.266 e. The van der Waals surface area contributed by atoms with Crippen molar-refractivity contribution in [3.05, 3.63) is 71.3 Å². The summed E-state index contributed by atoms with van der Waals surface area (Å²) in [5.41, 5.74) is 7.13. The maximum absolute atomic E-state index is 12.3. The first-order valence-electron chi connectivity index (χ1n) is 7.96. The summed E-state index contributed by atoms with van der Waals surface area (Å²) in [5.74, 6) is 9.45. The summed E-state index contributed by atoms with van der Waals surface area (Å²) in [7, 11) is 0. The highest BCUT2D eigenvalue weighted by atomic mass is 16.2. The first-order valence-corrected chi connectivity index (χ1v) is 7.96. The highest BCUT2D eigenvalue weighted by Gasteiger charge is 2.21. The number of hydrogen-bond donors (Lipinski definition) is 5. The molecule has 0 saturated heterocycles. The first kappa shape index (κ1) is 17.4. The average molecular weight is 349 g/mol. The van der Waals surface area contributed by atoms with Crippen molar-refractivity contribution in [1.82, 2.24) is 10.9 Å². The fourth-order valence-electron chi connectivity index (χ4n) is 2.84. The van der Waals surface area contributed by atoms with Gasteiger partial charge in [-0.1, -0.05) is 42.0 Å². The van der Waals surface area contributed by atoms with E-state index in [4.69, 9.17) is 11.7 Å². The number of aryl methyl sites for hydroxylation is 1. The second kappa shape index (κ2) is 7.22. The van der Waals surface area contributed by atoms with Crippen LogP contribution in [-0.2, 0) is 0 Å². The van der Waals surface area contributed by atoms with Crippen LogP contribution in [0.25, 0.3) is 10.8 Å². The summed E-state index contributed by atoms with van der Waals surface area (Å²) in [6.45, 7) is 2.00. The third-order valence-electron chi connectivity index (χ3n) is 4.11. The molecule has 26 heavy (non-hydrogen) atoms. The number of nitrogen functional groups attached to an aromatic ring is 2. The lowest BCUT2D eigenvalue weighted by Gasteiger charge is -2.16. The van der Waals surface area contributed by atoms with E-state index in [1.807, 2.05) is 43.3 Å². The number of hydrogen-bond acceptors (Lipinski definition) is 5. The Kier molecular flexibility index (Phi) is 4.83. The van der Waals surface area contributed by atoms with Gasteiger partial charge in [0.1, 0.15) is 0 Å². The number of fused-ring (bicyclic) bond motifs is 1. The molecule has 0 saturated carbocycles. The number of nitrogens with one attached hydrogen (secondary N) is 3. The normalized spacial score (nSPS) is 10.4. The number of rotatable bonds is 4. The van der Waals surface area contributed by atoms with Gasteiger partial charge in [-0.15, -0.1) is 0 Å². The second-order valence-electron chi connectivity index (χ2n) is 5.83. The van der Waals surface area contributed by atoms with Crippen molar-refractivity contribution >= 4 is 34.0 Å². The second-order valence-corrected chi connectivity index (χ2v) is 5.83. The summed E-state index contributed by atoms with van der Waals surface area (Å²) < 4.78 is 0. The van der Waals surface area contributed by atoms with Crippen molar-refractivity contribution in [3.63, 3.8) is 0 Å². The number of amides is 2. The molecule has 0 spiro atoms. The summed E-state index contributed by atoms with van der Waals surface area (Å²) in [4.78, 5) is 24.6. The molecule has 0 unspecified atom stereocenters. The van der Waals surface area contributed by atoms with Crippen molar-refractivity contribution < 1.29 is 9.59 Å². The van der Waals surface area contributed by atoms with E-state index in [0.29, 0.717) is 11.1 Å². The molecule has 7 heteroatoms. The van der Waals surface area contributed by atoms with Gasteiger partial charge in [-0.25, -0.2) is 11.7 Å². The van der Waals surface area contributed by atoms with E-state index in [-0.39, 0.29) is 11.1 Å². The Morgan fingerprint density at radius 2 is 1.46 bits per heavy atom. The Labute approximate surface area is 150 Å². The Hall–Kier alpha value is -3.42. The van der Waals surface area contributed by atoms with E-state index in [1.54, 1.807) is 18.2 Å². The molecule has 0 bridgehead atoms. The van der Waals surface area contributed by atoms with Gasteiger partial charge in [0, 0.05) is 16.8 Å².